The molecule has 0 aliphatic rings. The van der Waals surface area contributed by atoms with Crippen LogP contribution in [-0.2, 0) is 10.0 Å². The molecule has 0 fully saturated rings. The summed E-state index contributed by atoms with van der Waals surface area (Å²) in [7, 11) is -3.77. The summed E-state index contributed by atoms with van der Waals surface area (Å²) in [5.41, 5.74) is 4.71. The molecule has 0 saturated heterocycles. The van der Waals surface area contributed by atoms with E-state index in [2.05, 4.69) is 10.0 Å². The lowest BCUT2D eigenvalue weighted by Crippen LogP contribution is -2.17. The summed E-state index contributed by atoms with van der Waals surface area (Å²) in [5.74, 6) is -0.298. The van der Waals surface area contributed by atoms with Gasteiger partial charge in [-0.1, -0.05) is 17.7 Å². The molecule has 30 heavy (non-hydrogen) atoms. The molecule has 0 atom stereocenters. The lowest BCUT2D eigenvalue weighted by molar-refractivity contribution is 0.102. The van der Waals surface area contributed by atoms with Gasteiger partial charge in [0, 0.05) is 22.0 Å². The highest BCUT2D eigenvalue weighted by Gasteiger charge is 2.22. The zero-order valence-electron chi connectivity index (χ0n) is 17.2. The molecule has 0 spiro atoms. The highest BCUT2D eigenvalue weighted by molar-refractivity contribution is 7.92. The van der Waals surface area contributed by atoms with Crippen LogP contribution in [0, 0.1) is 27.7 Å². The van der Waals surface area contributed by atoms with Crippen molar-refractivity contribution in [2.24, 2.45) is 0 Å². The maximum atomic E-state index is 13.0. The number of hydrogen-bond acceptors (Lipinski definition) is 3. The molecule has 0 aliphatic heterocycles. The fraction of sp³-hybridized carbons (Fsp3) is 0.174. The van der Waals surface area contributed by atoms with Crippen LogP contribution in [0.5, 0.6) is 0 Å². The van der Waals surface area contributed by atoms with Crippen molar-refractivity contribution in [1.82, 2.24) is 0 Å². The van der Waals surface area contributed by atoms with Crippen molar-refractivity contribution in [3.05, 3.63) is 87.4 Å². The number of hydrogen-bond donors (Lipinski definition) is 2. The number of carbonyl (C=O) groups excluding carboxylic acids is 1. The van der Waals surface area contributed by atoms with E-state index in [1.165, 1.54) is 0 Å². The summed E-state index contributed by atoms with van der Waals surface area (Å²) in [5, 5.41) is 3.35. The normalized spacial score (nSPS) is 11.2. The summed E-state index contributed by atoms with van der Waals surface area (Å²) in [6.45, 7) is 7.41. The average molecular weight is 443 g/mol. The molecule has 0 aliphatic carbocycles. The number of aryl methyl sites for hydroxylation is 2. The Hall–Kier alpha value is -2.83. The Labute approximate surface area is 182 Å². The second kappa shape index (κ2) is 8.50. The van der Waals surface area contributed by atoms with Crippen LogP contribution >= 0.6 is 11.6 Å². The Balaban J connectivity index is 1.80. The number of benzene rings is 3. The number of sulfonamides is 1. The SMILES string of the molecule is Cc1cc(C)c(C)c(S(=O)(=O)Nc2ccc(C(=O)Nc3ccc(Cl)cc3)cc2)c1C. The van der Waals surface area contributed by atoms with Crippen LogP contribution in [0.4, 0.5) is 11.4 Å². The summed E-state index contributed by atoms with van der Waals surface area (Å²) < 4.78 is 28.7. The van der Waals surface area contributed by atoms with E-state index in [0.29, 0.717) is 26.9 Å². The Kier molecular flexibility index (Phi) is 6.19. The van der Waals surface area contributed by atoms with Gasteiger partial charge in [0.15, 0.2) is 0 Å². The summed E-state index contributed by atoms with van der Waals surface area (Å²) in [6.07, 6.45) is 0. The van der Waals surface area contributed by atoms with E-state index < -0.39 is 10.0 Å². The van der Waals surface area contributed by atoms with Crippen LogP contribution in [0.1, 0.15) is 32.6 Å². The van der Waals surface area contributed by atoms with Crippen LogP contribution < -0.4 is 10.0 Å². The molecule has 0 bridgehead atoms. The topological polar surface area (TPSA) is 75.3 Å². The van der Waals surface area contributed by atoms with E-state index in [1.807, 2.05) is 19.9 Å². The zero-order chi connectivity index (χ0) is 22.1. The molecule has 3 rings (SSSR count). The molecule has 3 aromatic rings. The van der Waals surface area contributed by atoms with Crippen molar-refractivity contribution in [3.63, 3.8) is 0 Å². The highest BCUT2D eigenvalue weighted by atomic mass is 35.5. The number of anilines is 2. The molecular weight excluding hydrogens is 420 g/mol. The molecule has 156 valence electrons. The van der Waals surface area contributed by atoms with Gasteiger partial charge in [0.05, 0.1) is 4.90 Å². The van der Waals surface area contributed by atoms with Crippen molar-refractivity contribution < 1.29 is 13.2 Å². The van der Waals surface area contributed by atoms with E-state index in [9.17, 15) is 13.2 Å². The Bertz CT molecular complexity index is 1180. The fourth-order valence-corrected chi connectivity index (χ4v) is 5.02. The summed E-state index contributed by atoms with van der Waals surface area (Å²) in [6, 6.07) is 15.1. The summed E-state index contributed by atoms with van der Waals surface area (Å²) in [4.78, 5) is 12.7. The zero-order valence-corrected chi connectivity index (χ0v) is 18.8. The van der Waals surface area contributed by atoms with Gasteiger partial charge in [-0.05, 0) is 98.5 Å². The standard InChI is InChI=1S/C23H23ClN2O3S/c1-14-13-15(2)17(4)22(16(14)3)30(28,29)26-21-9-5-18(6-10-21)23(27)25-20-11-7-19(24)8-12-20/h5-13,26H,1-4H3,(H,25,27). The van der Waals surface area contributed by atoms with Crippen molar-refractivity contribution in [2.45, 2.75) is 32.6 Å². The van der Waals surface area contributed by atoms with E-state index in [-0.39, 0.29) is 5.91 Å². The first kappa shape index (κ1) is 21.9. The number of nitrogens with one attached hydrogen (secondary N) is 2. The number of halogens is 1. The predicted molar refractivity (Wildman–Crippen MR) is 122 cm³/mol. The van der Waals surface area contributed by atoms with Gasteiger partial charge in [0.1, 0.15) is 0 Å². The predicted octanol–water partition coefficient (Wildman–Crippen LogP) is 5.63. The number of rotatable bonds is 5. The van der Waals surface area contributed by atoms with Crippen LogP contribution in [0.2, 0.25) is 5.02 Å². The Morgan fingerprint density at radius 1 is 0.800 bits per heavy atom. The van der Waals surface area contributed by atoms with Gasteiger partial charge < -0.3 is 5.32 Å². The summed E-state index contributed by atoms with van der Waals surface area (Å²) >= 11 is 5.85. The molecule has 5 nitrogen and oxygen atoms in total. The third kappa shape index (κ3) is 4.66. The van der Waals surface area contributed by atoms with Crippen LogP contribution in [0.25, 0.3) is 0 Å². The maximum Gasteiger partial charge on any atom is 0.262 e. The highest BCUT2D eigenvalue weighted by Crippen LogP contribution is 2.28. The molecule has 0 radical (unpaired) electrons. The van der Waals surface area contributed by atoms with Crippen LogP contribution in [0.3, 0.4) is 0 Å². The quantitative estimate of drug-likeness (QED) is 0.537. The van der Waals surface area contributed by atoms with Crippen molar-refractivity contribution >= 4 is 38.9 Å². The molecule has 0 heterocycles. The van der Waals surface area contributed by atoms with Gasteiger partial charge in [0.25, 0.3) is 15.9 Å². The minimum absolute atomic E-state index is 0.296. The molecule has 3 aromatic carbocycles. The van der Waals surface area contributed by atoms with Crippen molar-refractivity contribution in [1.29, 1.82) is 0 Å². The van der Waals surface area contributed by atoms with Gasteiger partial charge in [-0.15, -0.1) is 0 Å². The van der Waals surface area contributed by atoms with Crippen molar-refractivity contribution in [2.75, 3.05) is 10.0 Å². The molecule has 0 saturated carbocycles. The van der Waals surface area contributed by atoms with Gasteiger partial charge in [-0.25, -0.2) is 8.42 Å². The first-order chi connectivity index (χ1) is 14.1. The molecule has 0 unspecified atom stereocenters. The van der Waals surface area contributed by atoms with Gasteiger partial charge in [-0.2, -0.15) is 0 Å². The van der Waals surface area contributed by atoms with Gasteiger partial charge in [-0.3, -0.25) is 9.52 Å². The average Bonchev–Trinajstić information content (AvgIpc) is 2.68. The fourth-order valence-electron chi connectivity index (χ4n) is 3.22. The molecule has 2 N–H and O–H groups in total. The molecule has 0 aromatic heterocycles. The lowest BCUT2D eigenvalue weighted by atomic mass is 10.0. The number of carbonyl (C=O) groups is 1. The van der Waals surface area contributed by atoms with Crippen molar-refractivity contribution in [3.8, 4) is 0 Å². The third-order valence-corrected chi connectivity index (χ3v) is 6.97. The molecular formula is C23H23ClN2O3S. The minimum atomic E-state index is -3.77. The maximum absolute atomic E-state index is 13.0. The monoisotopic (exact) mass is 442 g/mol. The van der Waals surface area contributed by atoms with E-state index in [4.69, 9.17) is 11.6 Å². The Morgan fingerprint density at radius 2 is 1.30 bits per heavy atom. The van der Waals surface area contributed by atoms with E-state index in [0.717, 1.165) is 22.3 Å². The Morgan fingerprint density at radius 3 is 1.83 bits per heavy atom. The first-order valence-corrected chi connectivity index (χ1v) is 11.2. The molecule has 1 amide bonds. The smallest absolute Gasteiger partial charge is 0.262 e. The van der Waals surface area contributed by atoms with Crippen LogP contribution in [0.15, 0.2) is 59.5 Å². The van der Waals surface area contributed by atoms with E-state index in [1.54, 1.807) is 62.4 Å². The molecule has 7 heteroatoms. The third-order valence-electron chi connectivity index (χ3n) is 5.07. The largest absolute Gasteiger partial charge is 0.322 e. The second-order valence-electron chi connectivity index (χ2n) is 7.23. The van der Waals surface area contributed by atoms with E-state index >= 15 is 0 Å². The second-order valence-corrected chi connectivity index (χ2v) is 9.29. The van der Waals surface area contributed by atoms with Gasteiger partial charge >= 0.3 is 0 Å². The van der Waals surface area contributed by atoms with Crippen LogP contribution in [-0.4, -0.2) is 14.3 Å². The minimum Gasteiger partial charge on any atom is -0.322 e. The lowest BCUT2D eigenvalue weighted by Gasteiger charge is -2.17. The first-order valence-electron chi connectivity index (χ1n) is 9.35. The number of amides is 1. The van der Waals surface area contributed by atoms with Gasteiger partial charge in [0.2, 0.25) is 0 Å².